The van der Waals surface area contributed by atoms with Gasteiger partial charge in [0.1, 0.15) is 0 Å². The molecule has 0 amide bonds. The lowest BCUT2D eigenvalue weighted by molar-refractivity contribution is 0.0123. The van der Waals surface area contributed by atoms with E-state index in [-0.39, 0.29) is 0 Å². The van der Waals surface area contributed by atoms with E-state index in [0.717, 1.165) is 13.1 Å². The van der Waals surface area contributed by atoms with Crippen molar-refractivity contribution in [1.82, 2.24) is 10.2 Å². The highest BCUT2D eigenvalue weighted by Crippen LogP contribution is 2.38. The molecule has 2 saturated heterocycles. The Hall–Kier alpha value is -0.590. The molecular weight excluding hydrogens is 186 g/mol. The molecule has 2 aliphatic heterocycles. The highest BCUT2D eigenvalue weighted by molar-refractivity contribution is 5.07. The molecule has 84 valence electrons. The zero-order valence-electron chi connectivity index (χ0n) is 9.79. The van der Waals surface area contributed by atoms with Gasteiger partial charge in [-0.05, 0) is 33.2 Å². The summed E-state index contributed by atoms with van der Waals surface area (Å²) in [5, 5.41) is 12.5. The largest absolute Gasteiger partial charge is 0.311 e. The minimum Gasteiger partial charge on any atom is -0.311 e. The predicted octanol–water partition coefficient (Wildman–Crippen LogP) is 1.36. The van der Waals surface area contributed by atoms with E-state index in [2.05, 4.69) is 30.1 Å². The third-order valence-electron chi connectivity index (χ3n) is 4.20. The Morgan fingerprint density at radius 1 is 1.53 bits per heavy atom. The standard InChI is InChI=1S/C12H21N3/c1-10(2)15-8-5-12(4-7-14-12)11(9-15)3-6-13/h10-11,14H,3-5,7-9H2,1-2H3. The molecule has 2 rings (SSSR count). The van der Waals surface area contributed by atoms with Gasteiger partial charge >= 0.3 is 0 Å². The van der Waals surface area contributed by atoms with E-state index in [9.17, 15) is 0 Å². The molecule has 3 nitrogen and oxygen atoms in total. The van der Waals surface area contributed by atoms with Gasteiger partial charge in [0.2, 0.25) is 0 Å². The Bertz CT molecular complexity index is 263. The Kier molecular flexibility index (Phi) is 2.99. The number of nitriles is 1. The number of nitrogens with zero attached hydrogens (tertiary/aromatic N) is 2. The highest BCUT2D eigenvalue weighted by Gasteiger charge is 2.46. The quantitative estimate of drug-likeness (QED) is 0.743. The van der Waals surface area contributed by atoms with Crippen molar-refractivity contribution >= 4 is 0 Å². The maximum atomic E-state index is 8.90. The molecular formula is C12H21N3. The first kappa shape index (κ1) is 10.9. The minimum atomic E-state index is 0.321. The number of nitrogens with one attached hydrogen (secondary N) is 1. The summed E-state index contributed by atoms with van der Waals surface area (Å²) in [6.45, 7) is 7.92. The van der Waals surface area contributed by atoms with E-state index in [1.54, 1.807) is 0 Å². The van der Waals surface area contributed by atoms with Crippen LogP contribution >= 0.6 is 0 Å². The minimum absolute atomic E-state index is 0.321. The van der Waals surface area contributed by atoms with Crippen LogP contribution in [0.2, 0.25) is 0 Å². The third-order valence-corrected chi connectivity index (χ3v) is 4.20. The summed E-state index contributed by atoms with van der Waals surface area (Å²) in [6.07, 6.45) is 3.19. The molecule has 0 radical (unpaired) electrons. The van der Waals surface area contributed by atoms with Crippen LogP contribution in [0.1, 0.15) is 33.1 Å². The second-order valence-corrected chi connectivity index (χ2v) is 5.23. The van der Waals surface area contributed by atoms with Crippen LogP contribution in [0.5, 0.6) is 0 Å². The summed E-state index contributed by atoms with van der Waals surface area (Å²) in [6, 6.07) is 2.97. The maximum absolute atomic E-state index is 8.90. The molecule has 0 bridgehead atoms. The summed E-state index contributed by atoms with van der Waals surface area (Å²) in [5.41, 5.74) is 0.321. The second-order valence-electron chi connectivity index (χ2n) is 5.23. The van der Waals surface area contributed by atoms with Crippen LogP contribution in [0.3, 0.4) is 0 Å². The van der Waals surface area contributed by atoms with E-state index in [1.807, 2.05) is 0 Å². The van der Waals surface area contributed by atoms with Crippen molar-refractivity contribution in [1.29, 1.82) is 5.26 Å². The van der Waals surface area contributed by atoms with E-state index < -0.39 is 0 Å². The van der Waals surface area contributed by atoms with Gasteiger partial charge in [-0.2, -0.15) is 5.26 Å². The van der Waals surface area contributed by atoms with Crippen LogP contribution in [-0.2, 0) is 0 Å². The van der Waals surface area contributed by atoms with Crippen molar-refractivity contribution in [2.75, 3.05) is 19.6 Å². The van der Waals surface area contributed by atoms with Crippen molar-refractivity contribution in [3.05, 3.63) is 0 Å². The average Bonchev–Trinajstić information content (AvgIpc) is 2.15. The zero-order chi connectivity index (χ0) is 10.9. The van der Waals surface area contributed by atoms with Crippen molar-refractivity contribution in [2.24, 2.45) is 5.92 Å². The predicted molar refractivity (Wildman–Crippen MR) is 60.4 cm³/mol. The molecule has 15 heavy (non-hydrogen) atoms. The fourth-order valence-electron chi connectivity index (χ4n) is 2.94. The zero-order valence-corrected chi connectivity index (χ0v) is 9.79. The van der Waals surface area contributed by atoms with Gasteiger partial charge in [-0.3, -0.25) is 0 Å². The second kappa shape index (κ2) is 4.11. The van der Waals surface area contributed by atoms with Gasteiger partial charge < -0.3 is 10.2 Å². The first-order valence-corrected chi connectivity index (χ1v) is 6.04. The monoisotopic (exact) mass is 207 g/mol. The van der Waals surface area contributed by atoms with Crippen molar-refractivity contribution < 1.29 is 0 Å². The lowest BCUT2D eigenvalue weighted by Gasteiger charge is -2.54. The lowest BCUT2D eigenvalue weighted by atomic mass is 9.69. The van der Waals surface area contributed by atoms with Crippen molar-refractivity contribution in [3.8, 4) is 6.07 Å². The average molecular weight is 207 g/mol. The number of likely N-dealkylation sites (tertiary alicyclic amines) is 1. The van der Waals surface area contributed by atoms with E-state index in [1.165, 1.54) is 19.4 Å². The molecule has 2 atom stereocenters. The Morgan fingerprint density at radius 2 is 2.27 bits per heavy atom. The molecule has 1 spiro atoms. The van der Waals surface area contributed by atoms with Gasteiger partial charge in [0.25, 0.3) is 0 Å². The molecule has 3 heteroatoms. The van der Waals surface area contributed by atoms with Crippen LogP contribution in [0.4, 0.5) is 0 Å². The first-order valence-electron chi connectivity index (χ1n) is 6.04. The van der Waals surface area contributed by atoms with Gasteiger partial charge in [-0.25, -0.2) is 0 Å². The Morgan fingerprint density at radius 3 is 2.73 bits per heavy atom. The summed E-state index contributed by atoms with van der Waals surface area (Å²) in [4.78, 5) is 2.51. The molecule has 0 aromatic heterocycles. The summed E-state index contributed by atoms with van der Waals surface area (Å²) < 4.78 is 0. The molecule has 0 aromatic rings. The van der Waals surface area contributed by atoms with Crippen LogP contribution in [0.15, 0.2) is 0 Å². The van der Waals surface area contributed by atoms with E-state index in [0.29, 0.717) is 23.9 Å². The SMILES string of the molecule is CC(C)N1CCC2(CCN2)C(CC#N)C1. The van der Waals surface area contributed by atoms with Crippen LogP contribution in [0.25, 0.3) is 0 Å². The highest BCUT2D eigenvalue weighted by atomic mass is 15.2. The van der Waals surface area contributed by atoms with Crippen molar-refractivity contribution in [3.63, 3.8) is 0 Å². The fraction of sp³-hybridized carbons (Fsp3) is 0.917. The summed E-state index contributed by atoms with van der Waals surface area (Å²) >= 11 is 0. The van der Waals surface area contributed by atoms with E-state index in [4.69, 9.17) is 5.26 Å². The number of hydrogen-bond donors (Lipinski definition) is 1. The molecule has 0 saturated carbocycles. The van der Waals surface area contributed by atoms with Gasteiger partial charge in [0, 0.05) is 37.0 Å². The van der Waals surface area contributed by atoms with Crippen LogP contribution < -0.4 is 5.32 Å². The Labute approximate surface area is 92.4 Å². The Balaban J connectivity index is 2.03. The molecule has 0 aliphatic carbocycles. The maximum Gasteiger partial charge on any atom is 0.0625 e. The molecule has 2 heterocycles. The number of rotatable bonds is 2. The fourth-order valence-corrected chi connectivity index (χ4v) is 2.94. The molecule has 2 fully saturated rings. The lowest BCUT2D eigenvalue weighted by Crippen LogP contribution is -2.67. The van der Waals surface area contributed by atoms with E-state index >= 15 is 0 Å². The topological polar surface area (TPSA) is 39.1 Å². The molecule has 0 aromatic carbocycles. The van der Waals surface area contributed by atoms with Gasteiger partial charge in [-0.15, -0.1) is 0 Å². The number of hydrogen-bond acceptors (Lipinski definition) is 3. The van der Waals surface area contributed by atoms with Crippen molar-refractivity contribution in [2.45, 2.75) is 44.7 Å². The molecule has 2 unspecified atom stereocenters. The van der Waals surface area contributed by atoms with Crippen LogP contribution in [0, 0.1) is 17.2 Å². The summed E-state index contributed by atoms with van der Waals surface area (Å²) in [7, 11) is 0. The molecule has 1 N–H and O–H groups in total. The van der Waals surface area contributed by atoms with Gasteiger partial charge in [0.15, 0.2) is 0 Å². The summed E-state index contributed by atoms with van der Waals surface area (Å²) in [5.74, 6) is 0.535. The molecule has 2 aliphatic rings. The normalized spacial score (nSPS) is 36.5. The van der Waals surface area contributed by atoms with Crippen LogP contribution in [-0.4, -0.2) is 36.1 Å². The van der Waals surface area contributed by atoms with Gasteiger partial charge in [-0.1, -0.05) is 0 Å². The first-order chi connectivity index (χ1) is 7.18. The third kappa shape index (κ3) is 1.89. The number of piperidine rings is 1. The smallest absolute Gasteiger partial charge is 0.0625 e. The van der Waals surface area contributed by atoms with Gasteiger partial charge in [0.05, 0.1) is 6.07 Å².